The molecule has 0 aliphatic carbocycles. The molecule has 0 amide bonds. The zero-order chi connectivity index (χ0) is 18.3. The van der Waals surface area contributed by atoms with E-state index in [4.69, 9.17) is 4.74 Å². The van der Waals surface area contributed by atoms with Crippen LogP contribution >= 0.6 is 0 Å². The van der Waals surface area contributed by atoms with Crippen LogP contribution in [-0.2, 0) is 7.05 Å². The van der Waals surface area contributed by atoms with Crippen LogP contribution in [0.3, 0.4) is 0 Å². The molecule has 7 nitrogen and oxygen atoms in total. The fraction of sp³-hybridized carbons (Fsp3) is 0.526. The largest absolute Gasteiger partial charge is 0.490 e. The van der Waals surface area contributed by atoms with Crippen LogP contribution in [-0.4, -0.2) is 64.6 Å². The summed E-state index contributed by atoms with van der Waals surface area (Å²) in [7, 11) is 3.88. The number of piperidine rings is 1. The monoisotopic (exact) mass is 355 g/mol. The number of aliphatic imine (C=N–C) groups is 1. The summed E-state index contributed by atoms with van der Waals surface area (Å²) in [6.07, 6.45) is 2.12. The number of aromatic nitrogens is 2. The summed E-state index contributed by atoms with van der Waals surface area (Å²) in [5.74, 6) is 1.91. The van der Waals surface area contributed by atoms with E-state index in [1.165, 1.54) is 0 Å². The summed E-state index contributed by atoms with van der Waals surface area (Å²) in [5.41, 5.74) is 2.07. The summed E-state index contributed by atoms with van der Waals surface area (Å²) in [5, 5.41) is 0. The second-order valence-corrected chi connectivity index (χ2v) is 7.12. The fourth-order valence-electron chi connectivity index (χ4n) is 3.75. The number of rotatable bonds is 2. The maximum Gasteiger partial charge on any atom is 0.272 e. The standard InChI is InChI=1S/C19H25N5O2/c1-13-18(25)23(3)17-12-15(4-5-16(17)21-13)26-14-6-9-24(10-7-14)19-20-8-11-22(19)2/h4-5,12,14H,6-11H2,1-3H3. The predicted molar refractivity (Wildman–Crippen MR) is 102 cm³/mol. The molecular weight excluding hydrogens is 330 g/mol. The van der Waals surface area contributed by atoms with Crippen molar-refractivity contribution in [2.45, 2.75) is 25.9 Å². The van der Waals surface area contributed by atoms with Gasteiger partial charge in [0, 0.05) is 52.6 Å². The highest BCUT2D eigenvalue weighted by molar-refractivity contribution is 5.81. The van der Waals surface area contributed by atoms with E-state index in [0.717, 1.165) is 61.8 Å². The van der Waals surface area contributed by atoms with Gasteiger partial charge in [-0.2, -0.15) is 0 Å². The number of ether oxygens (including phenoxy) is 1. The first-order valence-corrected chi connectivity index (χ1v) is 9.17. The molecule has 138 valence electrons. The molecule has 26 heavy (non-hydrogen) atoms. The van der Waals surface area contributed by atoms with Crippen molar-refractivity contribution in [2.24, 2.45) is 12.0 Å². The third-order valence-corrected chi connectivity index (χ3v) is 5.27. The molecule has 2 aromatic rings. The number of benzene rings is 1. The van der Waals surface area contributed by atoms with Crippen LogP contribution in [0.2, 0.25) is 0 Å². The third-order valence-electron chi connectivity index (χ3n) is 5.27. The SMILES string of the molecule is Cc1nc2ccc(OC3CCN(C4=NCCN4C)CC3)cc2n(C)c1=O. The average molecular weight is 355 g/mol. The zero-order valence-corrected chi connectivity index (χ0v) is 15.6. The summed E-state index contributed by atoms with van der Waals surface area (Å²) in [4.78, 5) is 25.7. The Morgan fingerprint density at radius 2 is 1.92 bits per heavy atom. The van der Waals surface area contributed by atoms with Crippen molar-refractivity contribution in [3.8, 4) is 5.75 Å². The van der Waals surface area contributed by atoms with Gasteiger partial charge in [0.25, 0.3) is 5.56 Å². The van der Waals surface area contributed by atoms with Crippen molar-refractivity contribution in [2.75, 3.05) is 33.2 Å². The van der Waals surface area contributed by atoms with Gasteiger partial charge in [-0.25, -0.2) is 4.98 Å². The first kappa shape index (κ1) is 16.9. The van der Waals surface area contributed by atoms with E-state index in [2.05, 4.69) is 26.8 Å². The van der Waals surface area contributed by atoms with Gasteiger partial charge in [-0.05, 0) is 19.1 Å². The van der Waals surface area contributed by atoms with E-state index < -0.39 is 0 Å². The van der Waals surface area contributed by atoms with Gasteiger partial charge in [0.15, 0.2) is 5.96 Å². The average Bonchev–Trinajstić information content (AvgIpc) is 3.07. The highest BCUT2D eigenvalue weighted by Crippen LogP contribution is 2.23. The highest BCUT2D eigenvalue weighted by atomic mass is 16.5. The van der Waals surface area contributed by atoms with Crippen molar-refractivity contribution >= 4 is 17.0 Å². The molecule has 1 aromatic carbocycles. The van der Waals surface area contributed by atoms with Gasteiger partial charge < -0.3 is 19.1 Å². The van der Waals surface area contributed by atoms with Gasteiger partial charge in [0.2, 0.25) is 0 Å². The molecule has 2 aliphatic rings. The van der Waals surface area contributed by atoms with E-state index in [1.54, 1.807) is 18.5 Å². The van der Waals surface area contributed by atoms with Crippen LogP contribution in [0, 0.1) is 6.92 Å². The Morgan fingerprint density at radius 1 is 1.15 bits per heavy atom. The summed E-state index contributed by atoms with van der Waals surface area (Å²) in [6, 6.07) is 5.79. The molecule has 3 heterocycles. The van der Waals surface area contributed by atoms with Crippen molar-refractivity contribution < 1.29 is 4.74 Å². The lowest BCUT2D eigenvalue weighted by molar-refractivity contribution is 0.127. The number of likely N-dealkylation sites (N-methyl/N-ethyl adjacent to an activating group) is 1. The van der Waals surface area contributed by atoms with Crippen LogP contribution in [0.15, 0.2) is 28.0 Å². The molecule has 0 spiro atoms. The maximum absolute atomic E-state index is 12.1. The molecule has 1 aromatic heterocycles. The Kier molecular flexibility index (Phi) is 4.30. The lowest BCUT2D eigenvalue weighted by Crippen LogP contribution is -2.46. The lowest BCUT2D eigenvalue weighted by atomic mass is 10.1. The first-order valence-electron chi connectivity index (χ1n) is 9.17. The van der Waals surface area contributed by atoms with Crippen molar-refractivity contribution in [1.29, 1.82) is 0 Å². The van der Waals surface area contributed by atoms with Gasteiger partial charge in [0.05, 0.1) is 17.6 Å². The van der Waals surface area contributed by atoms with Gasteiger partial charge in [0.1, 0.15) is 17.5 Å². The van der Waals surface area contributed by atoms with Crippen molar-refractivity contribution in [3.05, 3.63) is 34.2 Å². The highest BCUT2D eigenvalue weighted by Gasteiger charge is 2.26. The first-order chi connectivity index (χ1) is 12.5. The Balaban J connectivity index is 1.46. The second-order valence-electron chi connectivity index (χ2n) is 7.12. The molecule has 1 fully saturated rings. The minimum atomic E-state index is -0.0654. The van der Waals surface area contributed by atoms with Crippen LogP contribution in [0.5, 0.6) is 5.75 Å². The quantitative estimate of drug-likeness (QED) is 0.815. The van der Waals surface area contributed by atoms with Gasteiger partial charge in [-0.15, -0.1) is 0 Å². The van der Waals surface area contributed by atoms with E-state index >= 15 is 0 Å². The van der Waals surface area contributed by atoms with Gasteiger partial charge >= 0.3 is 0 Å². The molecular formula is C19H25N5O2. The van der Waals surface area contributed by atoms with Gasteiger partial charge in [-0.3, -0.25) is 9.79 Å². The smallest absolute Gasteiger partial charge is 0.272 e. The molecule has 0 N–H and O–H groups in total. The Labute approximate surface area is 152 Å². The Morgan fingerprint density at radius 3 is 2.62 bits per heavy atom. The number of hydrogen-bond acceptors (Lipinski definition) is 6. The summed E-state index contributed by atoms with van der Waals surface area (Å²) < 4.78 is 7.84. The molecule has 0 unspecified atom stereocenters. The second kappa shape index (κ2) is 6.63. The van der Waals surface area contributed by atoms with Crippen LogP contribution in [0.25, 0.3) is 11.0 Å². The molecule has 4 rings (SSSR count). The van der Waals surface area contributed by atoms with Crippen molar-refractivity contribution in [3.63, 3.8) is 0 Å². The van der Waals surface area contributed by atoms with Crippen LogP contribution in [0.4, 0.5) is 0 Å². The number of hydrogen-bond donors (Lipinski definition) is 0. The van der Waals surface area contributed by atoms with E-state index in [1.807, 2.05) is 18.2 Å². The van der Waals surface area contributed by atoms with Crippen LogP contribution in [0.1, 0.15) is 18.5 Å². The number of likely N-dealkylation sites (tertiary alicyclic amines) is 1. The zero-order valence-electron chi connectivity index (χ0n) is 15.6. The minimum Gasteiger partial charge on any atom is -0.490 e. The molecule has 0 bridgehead atoms. The number of fused-ring (bicyclic) bond motifs is 1. The molecule has 7 heteroatoms. The molecule has 0 saturated carbocycles. The predicted octanol–water partition coefficient (Wildman–Crippen LogP) is 1.39. The third kappa shape index (κ3) is 3.02. The van der Waals surface area contributed by atoms with Gasteiger partial charge in [-0.1, -0.05) is 0 Å². The molecule has 1 saturated heterocycles. The number of aryl methyl sites for hydroxylation is 2. The fourth-order valence-corrected chi connectivity index (χ4v) is 3.75. The maximum atomic E-state index is 12.1. The molecule has 2 aliphatic heterocycles. The molecule has 0 atom stereocenters. The van der Waals surface area contributed by atoms with Crippen molar-refractivity contribution in [1.82, 2.24) is 19.4 Å². The normalized spacial score (nSPS) is 18.5. The number of nitrogens with zero attached hydrogens (tertiary/aromatic N) is 5. The Hall–Kier alpha value is -2.57. The van der Waals surface area contributed by atoms with E-state index in [0.29, 0.717) is 5.69 Å². The van der Waals surface area contributed by atoms with E-state index in [9.17, 15) is 4.79 Å². The summed E-state index contributed by atoms with van der Waals surface area (Å²) in [6.45, 7) is 5.56. The van der Waals surface area contributed by atoms with Crippen LogP contribution < -0.4 is 10.3 Å². The van der Waals surface area contributed by atoms with E-state index in [-0.39, 0.29) is 11.7 Å². The Bertz CT molecular complexity index is 912. The molecule has 0 radical (unpaired) electrons. The topological polar surface area (TPSA) is 63.0 Å². The lowest BCUT2D eigenvalue weighted by Gasteiger charge is -2.35. The summed E-state index contributed by atoms with van der Waals surface area (Å²) >= 11 is 0. The number of guanidine groups is 1. The minimum absolute atomic E-state index is 0.0654.